The first-order valence-electron chi connectivity index (χ1n) is 4.53. The Morgan fingerprint density at radius 3 is 2.73 bits per heavy atom. The summed E-state index contributed by atoms with van der Waals surface area (Å²) in [4.78, 5) is 11.7. The first-order chi connectivity index (χ1) is 7.25. The van der Waals surface area contributed by atoms with Crippen molar-refractivity contribution in [2.45, 2.75) is 6.54 Å². The highest BCUT2D eigenvalue weighted by atomic mass is 16.1. The number of carbonyl (C=O) groups is 1. The molecule has 2 N–H and O–H groups in total. The van der Waals surface area contributed by atoms with Gasteiger partial charge >= 0.3 is 0 Å². The van der Waals surface area contributed by atoms with Crippen molar-refractivity contribution in [3.8, 4) is 0 Å². The van der Waals surface area contributed by atoms with E-state index in [4.69, 9.17) is 5.84 Å². The Kier molecular flexibility index (Phi) is 2.45. The maximum atomic E-state index is 11.7. The average Bonchev–Trinajstić information content (AvgIpc) is 2.65. The third-order valence-electron chi connectivity index (χ3n) is 2.00. The van der Waals surface area contributed by atoms with Crippen molar-refractivity contribution in [3.63, 3.8) is 0 Å². The topological polar surface area (TPSA) is 64.8 Å². The average molecular weight is 203 g/mol. The van der Waals surface area contributed by atoms with Crippen LogP contribution in [0.1, 0.15) is 10.4 Å². The molecule has 0 spiro atoms. The number of rotatable bonds is 3. The van der Waals surface area contributed by atoms with Gasteiger partial charge < -0.3 is 0 Å². The largest absolute Gasteiger partial charge is 0.290 e. The summed E-state index contributed by atoms with van der Waals surface area (Å²) in [5, 5.41) is 3.92. The molecule has 2 rings (SSSR count). The number of hydrogen-bond acceptors (Lipinski definition) is 3. The van der Waals surface area contributed by atoms with Crippen LogP contribution < -0.4 is 10.5 Å². The number of nitrogen functional groups attached to an aromatic ring is 1. The quantitative estimate of drug-likeness (QED) is 0.425. The van der Waals surface area contributed by atoms with Crippen LogP contribution in [-0.2, 0) is 6.54 Å². The molecular weight excluding hydrogens is 192 g/mol. The van der Waals surface area contributed by atoms with Crippen LogP contribution >= 0.6 is 0 Å². The predicted octanol–water partition coefficient (Wildman–Crippen LogP) is -0.233. The number of aromatic nitrogens is 3. The van der Waals surface area contributed by atoms with E-state index < -0.39 is 0 Å². The molecule has 0 aliphatic heterocycles. The number of ketones is 1. The second kappa shape index (κ2) is 3.91. The first-order valence-corrected chi connectivity index (χ1v) is 4.53. The van der Waals surface area contributed by atoms with Crippen molar-refractivity contribution in [1.82, 2.24) is 9.78 Å². The highest BCUT2D eigenvalue weighted by molar-refractivity contribution is 5.95. The first kappa shape index (κ1) is 9.39. The number of nitrogens with zero attached hydrogens (tertiary/aromatic N) is 3. The molecular formula is C10H11N4O+. The second-order valence-corrected chi connectivity index (χ2v) is 3.18. The minimum Gasteiger partial charge on any atom is -0.290 e. The van der Waals surface area contributed by atoms with Crippen LogP contribution in [0, 0.1) is 0 Å². The smallest absolute Gasteiger partial charge is 0.286 e. The summed E-state index contributed by atoms with van der Waals surface area (Å²) >= 11 is 0. The lowest BCUT2D eigenvalue weighted by Crippen LogP contribution is -2.42. The van der Waals surface area contributed by atoms with Gasteiger partial charge in [0.05, 0.1) is 0 Å². The van der Waals surface area contributed by atoms with E-state index in [1.54, 1.807) is 18.5 Å². The van der Waals surface area contributed by atoms with Crippen LogP contribution in [0.3, 0.4) is 0 Å². The molecule has 0 saturated carbocycles. The Morgan fingerprint density at radius 2 is 2.13 bits per heavy atom. The van der Waals surface area contributed by atoms with Crippen molar-refractivity contribution in [2.75, 3.05) is 5.84 Å². The van der Waals surface area contributed by atoms with Gasteiger partial charge in [0.1, 0.15) is 0 Å². The molecule has 1 aromatic carbocycles. The van der Waals surface area contributed by atoms with E-state index in [1.165, 1.54) is 15.7 Å². The zero-order valence-electron chi connectivity index (χ0n) is 8.08. The molecule has 0 bridgehead atoms. The molecule has 5 heteroatoms. The SMILES string of the molecule is N[n+]1cnn(CC(=O)c2ccccc2)c1. The van der Waals surface area contributed by atoms with Crippen LogP contribution in [0.4, 0.5) is 0 Å². The van der Waals surface area contributed by atoms with Crippen molar-refractivity contribution in [2.24, 2.45) is 0 Å². The Bertz CT molecular complexity index is 463. The summed E-state index contributed by atoms with van der Waals surface area (Å²) < 4.78 is 2.80. The monoisotopic (exact) mass is 203 g/mol. The third kappa shape index (κ3) is 2.19. The van der Waals surface area contributed by atoms with Crippen LogP contribution in [0.25, 0.3) is 0 Å². The lowest BCUT2D eigenvalue weighted by molar-refractivity contribution is -0.639. The van der Waals surface area contributed by atoms with E-state index in [-0.39, 0.29) is 12.3 Å². The molecule has 5 nitrogen and oxygen atoms in total. The summed E-state index contributed by atoms with van der Waals surface area (Å²) in [7, 11) is 0. The Morgan fingerprint density at radius 1 is 1.40 bits per heavy atom. The fourth-order valence-electron chi connectivity index (χ4n) is 1.28. The standard InChI is InChI=1S/C10H11N4O/c11-13-7-12-14(8-13)6-10(15)9-4-2-1-3-5-9/h1-5,7-8H,6,11H2/q+1. The van der Waals surface area contributed by atoms with Crippen molar-refractivity contribution >= 4 is 5.78 Å². The summed E-state index contributed by atoms with van der Waals surface area (Å²) in [6.07, 6.45) is 3.00. The molecule has 0 atom stereocenters. The molecule has 0 aliphatic rings. The van der Waals surface area contributed by atoms with Gasteiger partial charge in [0.25, 0.3) is 6.33 Å². The van der Waals surface area contributed by atoms with Crippen LogP contribution in [0.2, 0.25) is 0 Å². The Balaban J connectivity index is 2.11. The second-order valence-electron chi connectivity index (χ2n) is 3.18. The van der Waals surface area contributed by atoms with E-state index in [2.05, 4.69) is 5.10 Å². The normalized spacial score (nSPS) is 10.1. The summed E-state index contributed by atoms with van der Waals surface area (Å²) in [5.74, 6) is 5.43. The van der Waals surface area contributed by atoms with Crippen molar-refractivity contribution in [3.05, 3.63) is 48.5 Å². The van der Waals surface area contributed by atoms with Crippen LogP contribution in [-0.4, -0.2) is 15.6 Å². The third-order valence-corrected chi connectivity index (χ3v) is 2.00. The lowest BCUT2D eigenvalue weighted by atomic mass is 10.1. The molecule has 0 aliphatic carbocycles. The number of carbonyl (C=O) groups excluding carboxylic acids is 1. The number of Topliss-reactive ketones (excluding diaryl/α,β-unsaturated/α-hetero) is 1. The van der Waals surface area contributed by atoms with Gasteiger partial charge in [-0.05, 0) is 0 Å². The van der Waals surface area contributed by atoms with E-state index in [0.29, 0.717) is 5.56 Å². The highest BCUT2D eigenvalue weighted by Crippen LogP contribution is 2.00. The summed E-state index contributed by atoms with van der Waals surface area (Å²) in [6, 6.07) is 9.10. The molecule has 2 aromatic rings. The van der Waals surface area contributed by atoms with E-state index in [0.717, 1.165) is 0 Å². The highest BCUT2D eigenvalue weighted by Gasteiger charge is 2.11. The minimum absolute atomic E-state index is 0.0132. The Hall–Kier alpha value is -2.17. The van der Waals surface area contributed by atoms with Gasteiger partial charge in [0.2, 0.25) is 6.33 Å². The van der Waals surface area contributed by atoms with Gasteiger partial charge in [-0.15, -0.1) is 9.36 Å². The zero-order chi connectivity index (χ0) is 10.7. The van der Waals surface area contributed by atoms with Gasteiger partial charge in [0, 0.05) is 10.7 Å². The number of benzene rings is 1. The fraction of sp³-hybridized carbons (Fsp3) is 0.100. The van der Waals surface area contributed by atoms with Gasteiger partial charge in [-0.2, -0.15) is 0 Å². The number of hydrogen-bond donors (Lipinski definition) is 1. The van der Waals surface area contributed by atoms with Gasteiger partial charge in [0.15, 0.2) is 12.3 Å². The maximum Gasteiger partial charge on any atom is 0.286 e. The maximum absolute atomic E-state index is 11.7. The molecule has 0 unspecified atom stereocenters. The molecule has 15 heavy (non-hydrogen) atoms. The molecule has 1 heterocycles. The molecule has 0 radical (unpaired) electrons. The van der Waals surface area contributed by atoms with E-state index in [1.807, 2.05) is 18.2 Å². The van der Waals surface area contributed by atoms with E-state index in [9.17, 15) is 4.79 Å². The van der Waals surface area contributed by atoms with Gasteiger partial charge in [-0.3, -0.25) is 10.6 Å². The fourth-order valence-corrected chi connectivity index (χ4v) is 1.28. The summed E-state index contributed by atoms with van der Waals surface area (Å²) in [6.45, 7) is 0.203. The molecule has 0 saturated heterocycles. The predicted molar refractivity (Wildman–Crippen MR) is 53.3 cm³/mol. The van der Waals surface area contributed by atoms with Crippen molar-refractivity contribution in [1.29, 1.82) is 0 Å². The molecule has 76 valence electrons. The Labute approximate surface area is 86.7 Å². The number of nitrogens with two attached hydrogens (primary N) is 1. The minimum atomic E-state index is 0.0132. The van der Waals surface area contributed by atoms with Gasteiger partial charge in [-0.1, -0.05) is 30.3 Å². The molecule has 1 aromatic heterocycles. The summed E-state index contributed by atoms with van der Waals surface area (Å²) in [5.41, 5.74) is 0.677. The zero-order valence-corrected chi connectivity index (χ0v) is 8.08. The van der Waals surface area contributed by atoms with Crippen LogP contribution in [0.5, 0.6) is 0 Å². The van der Waals surface area contributed by atoms with Crippen LogP contribution in [0.15, 0.2) is 43.0 Å². The molecule has 0 amide bonds. The lowest BCUT2D eigenvalue weighted by Gasteiger charge is -1.95. The van der Waals surface area contributed by atoms with E-state index >= 15 is 0 Å². The van der Waals surface area contributed by atoms with Gasteiger partial charge in [-0.25, -0.2) is 0 Å². The van der Waals surface area contributed by atoms with Crippen molar-refractivity contribution < 1.29 is 9.47 Å². The molecule has 0 fully saturated rings.